The number of rotatable bonds is 9. The minimum absolute atomic E-state index is 0.0391. The van der Waals surface area contributed by atoms with Crippen LogP contribution in [-0.2, 0) is 11.2 Å². The summed E-state index contributed by atoms with van der Waals surface area (Å²) in [5.41, 5.74) is 2.75. The van der Waals surface area contributed by atoms with E-state index in [4.69, 9.17) is 9.47 Å². The van der Waals surface area contributed by atoms with E-state index in [1.807, 2.05) is 36.1 Å². The molecule has 1 atom stereocenters. The molecule has 0 N–H and O–H groups in total. The van der Waals surface area contributed by atoms with Crippen LogP contribution in [0.25, 0.3) is 0 Å². The van der Waals surface area contributed by atoms with Crippen LogP contribution in [0.5, 0.6) is 11.5 Å². The van der Waals surface area contributed by atoms with Gasteiger partial charge in [0, 0.05) is 23.5 Å². The molecular formula is C28H30N2O4S. The van der Waals surface area contributed by atoms with Gasteiger partial charge in [-0.1, -0.05) is 29.8 Å². The van der Waals surface area contributed by atoms with Crippen molar-refractivity contribution < 1.29 is 19.1 Å². The third kappa shape index (κ3) is 5.74. The van der Waals surface area contributed by atoms with Gasteiger partial charge in [-0.05, 0) is 60.7 Å². The zero-order valence-electron chi connectivity index (χ0n) is 20.1. The van der Waals surface area contributed by atoms with Gasteiger partial charge in [0.2, 0.25) is 5.91 Å². The minimum Gasteiger partial charge on any atom is -0.497 e. The Labute approximate surface area is 210 Å². The predicted molar refractivity (Wildman–Crippen MR) is 138 cm³/mol. The Bertz CT molecular complexity index is 1190. The van der Waals surface area contributed by atoms with Crippen LogP contribution in [-0.4, -0.2) is 55.0 Å². The van der Waals surface area contributed by atoms with Crippen molar-refractivity contribution in [3.63, 3.8) is 0 Å². The van der Waals surface area contributed by atoms with Gasteiger partial charge in [0.1, 0.15) is 24.7 Å². The molecule has 0 aliphatic carbocycles. The van der Waals surface area contributed by atoms with Crippen LogP contribution in [0.3, 0.4) is 0 Å². The Hall–Kier alpha value is -3.58. The van der Waals surface area contributed by atoms with Crippen molar-refractivity contribution in [3.05, 3.63) is 94.2 Å². The van der Waals surface area contributed by atoms with Crippen molar-refractivity contribution in [3.8, 4) is 11.5 Å². The van der Waals surface area contributed by atoms with Gasteiger partial charge in [-0.15, -0.1) is 17.9 Å². The highest BCUT2D eigenvalue weighted by Crippen LogP contribution is 2.34. The lowest BCUT2D eigenvalue weighted by molar-refractivity contribution is -0.135. The first-order valence-electron chi connectivity index (χ1n) is 11.6. The van der Waals surface area contributed by atoms with E-state index in [1.165, 1.54) is 9.78 Å². The lowest BCUT2D eigenvalue weighted by Crippen LogP contribution is -2.47. The maximum atomic E-state index is 13.6. The number of amides is 2. The molecule has 6 nitrogen and oxygen atoms in total. The molecule has 3 aromatic rings. The quantitative estimate of drug-likeness (QED) is 0.401. The fraction of sp³-hybridized carbons (Fsp3) is 0.286. The number of benzene rings is 2. The molecule has 2 amide bonds. The molecule has 35 heavy (non-hydrogen) atoms. The predicted octanol–water partition coefficient (Wildman–Crippen LogP) is 4.90. The van der Waals surface area contributed by atoms with E-state index in [2.05, 4.69) is 18.0 Å². The summed E-state index contributed by atoms with van der Waals surface area (Å²) < 4.78 is 11.4. The van der Waals surface area contributed by atoms with Gasteiger partial charge in [-0.2, -0.15) is 0 Å². The van der Waals surface area contributed by atoms with Crippen LogP contribution in [0.15, 0.2) is 72.6 Å². The number of hydrogen-bond acceptors (Lipinski definition) is 5. The highest BCUT2D eigenvalue weighted by molar-refractivity contribution is 7.10. The van der Waals surface area contributed by atoms with Gasteiger partial charge in [0.05, 0.1) is 13.2 Å². The highest BCUT2D eigenvalue weighted by atomic mass is 32.1. The average molecular weight is 491 g/mol. The summed E-state index contributed by atoms with van der Waals surface area (Å²) in [7, 11) is 1.56. The second kappa shape index (κ2) is 11.2. The number of hydrogen-bond donors (Lipinski definition) is 0. The number of carbonyl (C=O) groups excluding carboxylic acids is 2. The van der Waals surface area contributed by atoms with Gasteiger partial charge >= 0.3 is 0 Å². The van der Waals surface area contributed by atoms with Crippen LogP contribution in [0.1, 0.15) is 32.4 Å². The Morgan fingerprint density at radius 2 is 1.97 bits per heavy atom. The van der Waals surface area contributed by atoms with Crippen LogP contribution in [0.4, 0.5) is 0 Å². The summed E-state index contributed by atoms with van der Waals surface area (Å²) in [4.78, 5) is 31.4. The van der Waals surface area contributed by atoms with Gasteiger partial charge in [0.15, 0.2) is 0 Å². The van der Waals surface area contributed by atoms with E-state index in [9.17, 15) is 9.59 Å². The largest absolute Gasteiger partial charge is 0.497 e. The second-order valence-electron chi connectivity index (χ2n) is 8.48. The van der Waals surface area contributed by atoms with E-state index >= 15 is 0 Å². The fourth-order valence-corrected chi connectivity index (χ4v) is 5.18. The summed E-state index contributed by atoms with van der Waals surface area (Å²) >= 11 is 1.71. The van der Waals surface area contributed by atoms with E-state index < -0.39 is 0 Å². The molecule has 1 aliphatic rings. The van der Waals surface area contributed by atoms with Crippen LogP contribution < -0.4 is 9.47 Å². The molecule has 182 valence electrons. The van der Waals surface area contributed by atoms with Crippen LogP contribution in [0, 0.1) is 6.92 Å². The van der Waals surface area contributed by atoms with Gasteiger partial charge in [0.25, 0.3) is 5.91 Å². The highest BCUT2D eigenvalue weighted by Gasteiger charge is 2.33. The maximum absolute atomic E-state index is 13.6. The topological polar surface area (TPSA) is 59.1 Å². The average Bonchev–Trinajstić information content (AvgIpc) is 3.36. The van der Waals surface area contributed by atoms with E-state index in [0.717, 1.165) is 23.3 Å². The summed E-state index contributed by atoms with van der Waals surface area (Å²) in [5, 5.41) is 2.06. The zero-order chi connectivity index (χ0) is 24.8. The third-order valence-electron chi connectivity index (χ3n) is 6.12. The summed E-state index contributed by atoms with van der Waals surface area (Å²) in [6.07, 6.45) is 2.43. The number of fused-ring (bicyclic) bond motifs is 1. The molecule has 0 radical (unpaired) electrons. The van der Waals surface area contributed by atoms with E-state index in [-0.39, 0.29) is 30.9 Å². The molecule has 1 aromatic heterocycles. The maximum Gasteiger partial charge on any atom is 0.254 e. The number of nitrogens with zero attached hydrogens (tertiary/aromatic N) is 2. The summed E-state index contributed by atoms with van der Waals surface area (Å²) in [5.74, 6) is 1.01. The molecule has 1 aliphatic heterocycles. The smallest absolute Gasteiger partial charge is 0.254 e. The van der Waals surface area contributed by atoms with Crippen molar-refractivity contribution in [2.24, 2.45) is 0 Å². The SMILES string of the molecule is C=CCN(CC(=O)N1CCc2sccc2C1COc1ccc(C)cc1)C(=O)c1cccc(OC)c1. The number of carbonyl (C=O) groups is 2. The minimum atomic E-state index is -0.238. The van der Waals surface area contributed by atoms with Crippen molar-refractivity contribution in [1.82, 2.24) is 9.80 Å². The molecule has 0 fully saturated rings. The first kappa shape index (κ1) is 24.5. The van der Waals surface area contributed by atoms with Crippen molar-refractivity contribution >= 4 is 23.2 Å². The second-order valence-corrected chi connectivity index (χ2v) is 9.48. The third-order valence-corrected chi connectivity index (χ3v) is 7.12. The summed E-state index contributed by atoms with van der Waals surface area (Å²) in [6, 6.07) is 16.7. The molecule has 0 spiro atoms. The van der Waals surface area contributed by atoms with Gasteiger partial charge in [-0.3, -0.25) is 9.59 Å². The number of aryl methyl sites for hydroxylation is 1. The normalized spacial score (nSPS) is 14.7. The monoisotopic (exact) mass is 490 g/mol. The number of thiophene rings is 1. The van der Waals surface area contributed by atoms with E-state index in [0.29, 0.717) is 24.5 Å². The number of ether oxygens (including phenoxy) is 2. The molecule has 0 bridgehead atoms. The van der Waals surface area contributed by atoms with Crippen LogP contribution in [0.2, 0.25) is 0 Å². The molecular weight excluding hydrogens is 460 g/mol. The number of methoxy groups -OCH3 is 1. The first-order chi connectivity index (χ1) is 17.0. The molecule has 2 heterocycles. The first-order valence-corrected chi connectivity index (χ1v) is 12.5. The Morgan fingerprint density at radius 3 is 2.71 bits per heavy atom. The Morgan fingerprint density at radius 1 is 1.17 bits per heavy atom. The lowest BCUT2D eigenvalue weighted by Gasteiger charge is -2.37. The Balaban J connectivity index is 1.52. The van der Waals surface area contributed by atoms with Crippen molar-refractivity contribution in [2.45, 2.75) is 19.4 Å². The molecule has 7 heteroatoms. The molecule has 1 unspecified atom stereocenters. The lowest BCUT2D eigenvalue weighted by atomic mass is 10.0. The fourth-order valence-electron chi connectivity index (χ4n) is 4.25. The van der Waals surface area contributed by atoms with Gasteiger partial charge in [-0.25, -0.2) is 0 Å². The van der Waals surface area contributed by atoms with Crippen molar-refractivity contribution in [1.29, 1.82) is 0 Å². The Kier molecular flexibility index (Phi) is 7.87. The van der Waals surface area contributed by atoms with Crippen molar-refractivity contribution in [2.75, 3.05) is 33.4 Å². The summed E-state index contributed by atoms with van der Waals surface area (Å²) in [6.45, 7) is 6.97. The standard InChI is InChI=1S/C28H30N2O4S/c1-4-14-29(28(32)21-6-5-7-23(17-21)33-3)18-27(31)30-15-12-26-24(13-16-35-26)25(30)19-34-22-10-8-20(2)9-11-22/h4-11,13,16-17,25H,1,12,14-15,18-19H2,2-3H3. The van der Waals surface area contributed by atoms with Crippen LogP contribution >= 0.6 is 11.3 Å². The molecule has 4 rings (SSSR count). The zero-order valence-corrected chi connectivity index (χ0v) is 20.9. The van der Waals surface area contributed by atoms with Gasteiger partial charge < -0.3 is 19.3 Å². The van der Waals surface area contributed by atoms with E-state index in [1.54, 1.807) is 48.8 Å². The molecule has 0 saturated heterocycles. The molecule has 2 aromatic carbocycles. The molecule has 0 saturated carbocycles.